The molecule has 0 aliphatic carbocycles. The molecular weight excluding hydrogens is 496 g/mol. The molecule has 5 rings (SSSR count). The van der Waals surface area contributed by atoms with Gasteiger partial charge in [-0.15, -0.1) is 0 Å². The zero-order valence-corrected chi connectivity index (χ0v) is 20.4. The van der Waals surface area contributed by atoms with Crippen LogP contribution in [0.3, 0.4) is 0 Å². The number of fused-ring (bicyclic) bond motifs is 3. The van der Waals surface area contributed by atoms with Crippen LogP contribution in [0.15, 0.2) is 70.4 Å². The van der Waals surface area contributed by atoms with Crippen molar-refractivity contribution in [1.82, 2.24) is 9.38 Å². The number of imidazole rings is 1. The van der Waals surface area contributed by atoms with Crippen LogP contribution in [0.1, 0.15) is 11.1 Å². The van der Waals surface area contributed by atoms with E-state index in [-0.39, 0.29) is 27.0 Å². The number of nitrogens with zero attached hydrogens (tertiary/aromatic N) is 2. The molecule has 172 valence electrons. The van der Waals surface area contributed by atoms with Gasteiger partial charge in [0.1, 0.15) is 4.90 Å². The zero-order valence-electron chi connectivity index (χ0n) is 18.0. The summed E-state index contributed by atoms with van der Waals surface area (Å²) in [5.41, 5.74) is 2.75. The number of ether oxygens (including phenoxy) is 1. The smallest absolute Gasteiger partial charge is 0.339 e. The van der Waals surface area contributed by atoms with Crippen molar-refractivity contribution in [1.29, 1.82) is 0 Å². The van der Waals surface area contributed by atoms with Crippen molar-refractivity contribution in [3.8, 4) is 11.5 Å². The predicted octanol–water partition coefficient (Wildman–Crippen LogP) is 4.20. The minimum atomic E-state index is -4.13. The average Bonchev–Trinajstić information content (AvgIpc) is 3.31. The number of halogens is 1. The van der Waals surface area contributed by atoms with Gasteiger partial charge in [0.15, 0.2) is 10.7 Å². The van der Waals surface area contributed by atoms with Crippen molar-refractivity contribution in [2.75, 3.05) is 7.11 Å². The van der Waals surface area contributed by atoms with Crippen molar-refractivity contribution < 1.29 is 17.3 Å². The van der Waals surface area contributed by atoms with Crippen LogP contribution in [0.25, 0.3) is 22.1 Å². The molecule has 5 aromatic rings. The molecule has 7 nitrogen and oxygen atoms in total. The topological polar surface area (TPSA) is 87.0 Å². The third-order valence-corrected chi connectivity index (χ3v) is 7.68. The molecule has 0 amide bonds. The molecule has 0 bridgehead atoms. The number of benzene rings is 3. The quantitative estimate of drug-likeness (QED) is 0.328. The first kappa shape index (κ1) is 22.4. The van der Waals surface area contributed by atoms with Crippen LogP contribution in [0.2, 0.25) is 5.02 Å². The second-order valence-electron chi connectivity index (χ2n) is 7.52. The Morgan fingerprint density at radius 2 is 1.82 bits per heavy atom. The molecule has 0 saturated carbocycles. The molecule has 10 heteroatoms. The van der Waals surface area contributed by atoms with Gasteiger partial charge in [-0.05, 0) is 55.0 Å². The average molecular weight is 513 g/mol. The Labute approximate surface area is 203 Å². The van der Waals surface area contributed by atoms with Crippen LogP contribution in [0.5, 0.6) is 11.5 Å². The highest BCUT2D eigenvalue weighted by atomic mass is 35.5. The van der Waals surface area contributed by atoms with Crippen LogP contribution >= 0.6 is 22.9 Å². The number of hydrogen-bond acceptors (Lipinski definition) is 7. The third-order valence-electron chi connectivity index (χ3n) is 5.20. The summed E-state index contributed by atoms with van der Waals surface area (Å²) in [6.45, 7) is 1.85. The van der Waals surface area contributed by atoms with Gasteiger partial charge in [0.25, 0.3) is 5.56 Å². The van der Waals surface area contributed by atoms with Crippen LogP contribution in [-0.2, 0) is 10.1 Å². The summed E-state index contributed by atoms with van der Waals surface area (Å²) in [5, 5.41) is 0.0283. The fourth-order valence-corrected chi connectivity index (χ4v) is 5.78. The van der Waals surface area contributed by atoms with E-state index in [1.165, 1.54) is 36.6 Å². The minimum absolute atomic E-state index is 0.00277. The fourth-order valence-electron chi connectivity index (χ4n) is 3.53. The van der Waals surface area contributed by atoms with Gasteiger partial charge < -0.3 is 8.92 Å². The lowest BCUT2D eigenvalue weighted by Gasteiger charge is -2.13. The van der Waals surface area contributed by atoms with Gasteiger partial charge in [0.2, 0.25) is 5.75 Å². The highest BCUT2D eigenvalue weighted by molar-refractivity contribution is 7.87. The Balaban J connectivity index is 1.57. The van der Waals surface area contributed by atoms with Crippen molar-refractivity contribution in [2.45, 2.75) is 11.8 Å². The Kier molecular flexibility index (Phi) is 5.55. The molecule has 0 saturated heterocycles. The van der Waals surface area contributed by atoms with Gasteiger partial charge in [0, 0.05) is 0 Å². The standard InChI is InChI=1S/C24H17ClN2O5S2/c1-14-7-9-16(10-8-14)34(29,30)32-22-17(25)11-15(12-20(22)31-2)13-21-23(28)27-19-6-4-3-5-18(19)26-24(27)33-21/h3-13H,1-2H3/b21-13+. The van der Waals surface area contributed by atoms with E-state index in [0.717, 1.165) is 16.6 Å². The summed E-state index contributed by atoms with van der Waals surface area (Å²) >= 11 is 7.64. The van der Waals surface area contributed by atoms with Gasteiger partial charge in [-0.25, -0.2) is 9.38 Å². The summed E-state index contributed by atoms with van der Waals surface area (Å²) in [6, 6.07) is 16.8. The molecule has 0 N–H and O–H groups in total. The lowest BCUT2D eigenvalue weighted by molar-refractivity contribution is 0.390. The van der Waals surface area contributed by atoms with Crippen molar-refractivity contribution >= 4 is 55.1 Å². The van der Waals surface area contributed by atoms with Gasteiger partial charge >= 0.3 is 10.1 Å². The number of aromatic nitrogens is 2. The highest BCUT2D eigenvalue weighted by Gasteiger charge is 2.22. The molecule has 0 atom stereocenters. The lowest BCUT2D eigenvalue weighted by atomic mass is 10.2. The number of thiazole rings is 1. The molecule has 0 radical (unpaired) electrons. The Hall–Kier alpha value is -3.40. The molecule has 3 aromatic carbocycles. The van der Waals surface area contributed by atoms with E-state index in [0.29, 0.717) is 15.1 Å². The number of hydrogen-bond donors (Lipinski definition) is 0. The molecule has 0 aliphatic heterocycles. The summed E-state index contributed by atoms with van der Waals surface area (Å²) in [5.74, 6) is -0.00937. The molecule has 34 heavy (non-hydrogen) atoms. The van der Waals surface area contributed by atoms with Crippen LogP contribution < -0.4 is 19.0 Å². The van der Waals surface area contributed by atoms with Crippen molar-refractivity contribution in [2.24, 2.45) is 0 Å². The van der Waals surface area contributed by atoms with Crippen LogP contribution in [0, 0.1) is 6.92 Å². The molecule has 2 aromatic heterocycles. The summed E-state index contributed by atoms with van der Waals surface area (Å²) in [6.07, 6.45) is 1.66. The molecule has 0 fully saturated rings. The first-order valence-electron chi connectivity index (χ1n) is 10.1. The Morgan fingerprint density at radius 3 is 2.56 bits per heavy atom. The van der Waals surface area contributed by atoms with Gasteiger partial charge in [-0.1, -0.05) is 52.8 Å². The summed E-state index contributed by atoms with van der Waals surface area (Å²) in [4.78, 5) is 18.1. The maximum atomic E-state index is 13.0. The van der Waals surface area contributed by atoms with E-state index in [2.05, 4.69) is 4.98 Å². The SMILES string of the molecule is COc1cc(/C=c2/sc3nc4ccccc4n3c2=O)cc(Cl)c1OS(=O)(=O)c1ccc(C)cc1. The monoisotopic (exact) mass is 512 g/mol. The molecular formula is C24H17ClN2O5S2. The second-order valence-corrected chi connectivity index (χ2v) is 10.5. The van der Waals surface area contributed by atoms with E-state index >= 15 is 0 Å². The van der Waals surface area contributed by atoms with E-state index in [1.807, 2.05) is 31.2 Å². The predicted molar refractivity (Wildman–Crippen MR) is 133 cm³/mol. The molecule has 2 heterocycles. The maximum absolute atomic E-state index is 13.0. The second kappa shape index (κ2) is 8.43. The van der Waals surface area contributed by atoms with Crippen molar-refractivity contribution in [3.63, 3.8) is 0 Å². The number of rotatable bonds is 5. The van der Waals surface area contributed by atoms with Gasteiger partial charge in [0.05, 0.1) is 27.7 Å². The van der Waals surface area contributed by atoms with Gasteiger partial charge in [-0.3, -0.25) is 4.79 Å². The largest absolute Gasteiger partial charge is 0.493 e. The number of aryl methyl sites for hydroxylation is 1. The van der Waals surface area contributed by atoms with E-state index in [4.69, 9.17) is 20.5 Å². The van der Waals surface area contributed by atoms with E-state index in [9.17, 15) is 13.2 Å². The summed E-state index contributed by atoms with van der Waals surface area (Å²) in [7, 11) is -2.75. The van der Waals surface area contributed by atoms with Gasteiger partial charge in [-0.2, -0.15) is 8.42 Å². The third kappa shape index (κ3) is 3.91. The maximum Gasteiger partial charge on any atom is 0.339 e. The first-order valence-corrected chi connectivity index (χ1v) is 12.7. The zero-order chi connectivity index (χ0) is 24.0. The molecule has 0 spiro atoms. The lowest BCUT2D eigenvalue weighted by Crippen LogP contribution is -2.22. The highest BCUT2D eigenvalue weighted by Crippen LogP contribution is 2.38. The van der Waals surface area contributed by atoms with E-state index < -0.39 is 10.1 Å². The molecule has 0 aliphatic rings. The first-order chi connectivity index (χ1) is 16.3. The normalized spacial score (nSPS) is 12.5. The molecule has 0 unspecified atom stereocenters. The Morgan fingerprint density at radius 1 is 1.09 bits per heavy atom. The van der Waals surface area contributed by atoms with Crippen LogP contribution in [-0.4, -0.2) is 24.9 Å². The minimum Gasteiger partial charge on any atom is -0.493 e. The van der Waals surface area contributed by atoms with Crippen LogP contribution in [0.4, 0.5) is 0 Å². The summed E-state index contributed by atoms with van der Waals surface area (Å²) < 4.78 is 38.2. The van der Waals surface area contributed by atoms with E-state index in [1.54, 1.807) is 28.7 Å². The fraction of sp³-hybridized carbons (Fsp3) is 0.0833. The number of para-hydroxylation sites is 2. The number of methoxy groups -OCH3 is 1. The van der Waals surface area contributed by atoms with Crippen molar-refractivity contribution in [3.05, 3.63) is 91.7 Å². The Bertz CT molecular complexity index is 1770.